The standard InChI is InChI=1S/C29H19N3O4/c1-18-2-4-19(5-3-18)26-25-24(27(33)32-28(25)34)14-15-29(26,20-6-10-22(11-7-20)35-16-30)21-8-12-23(13-9-21)36-17-31/h2-15,26H,1H3,(H,32,33,34). The van der Waals surface area contributed by atoms with Crippen LogP contribution in [-0.2, 0) is 15.0 Å². The fraction of sp³-hybridized carbons (Fsp3) is 0.103. The maximum Gasteiger partial charge on any atom is 0.292 e. The van der Waals surface area contributed by atoms with Crippen LogP contribution in [0, 0.1) is 30.0 Å². The summed E-state index contributed by atoms with van der Waals surface area (Å²) in [6.45, 7) is 1.98. The summed E-state index contributed by atoms with van der Waals surface area (Å²) in [7, 11) is 0. The van der Waals surface area contributed by atoms with Crippen LogP contribution in [0.1, 0.15) is 28.2 Å². The summed E-state index contributed by atoms with van der Waals surface area (Å²) in [6.07, 6.45) is 6.98. The maximum absolute atomic E-state index is 13.2. The van der Waals surface area contributed by atoms with E-state index in [1.165, 1.54) is 0 Å². The van der Waals surface area contributed by atoms with Crippen molar-refractivity contribution >= 4 is 11.8 Å². The maximum atomic E-state index is 13.2. The van der Waals surface area contributed by atoms with Crippen molar-refractivity contribution < 1.29 is 19.1 Å². The molecule has 5 rings (SSSR count). The second kappa shape index (κ2) is 8.90. The van der Waals surface area contributed by atoms with Gasteiger partial charge in [-0.25, -0.2) is 0 Å². The number of carbonyl (C=O) groups is 2. The van der Waals surface area contributed by atoms with Crippen molar-refractivity contribution in [2.45, 2.75) is 18.3 Å². The molecule has 3 aromatic rings. The van der Waals surface area contributed by atoms with Crippen LogP contribution >= 0.6 is 0 Å². The van der Waals surface area contributed by atoms with Gasteiger partial charge in [0.25, 0.3) is 24.3 Å². The Balaban J connectivity index is 1.80. The van der Waals surface area contributed by atoms with Crippen LogP contribution in [0.4, 0.5) is 0 Å². The zero-order valence-corrected chi connectivity index (χ0v) is 19.2. The molecule has 0 aromatic heterocycles. The van der Waals surface area contributed by atoms with Gasteiger partial charge in [0.1, 0.15) is 11.5 Å². The van der Waals surface area contributed by atoms with E-state index >= 15 is 0 Å². The number of allylic oxidation sites excluding steroid dienone is 1. The van der Waals surface area contributed by atoms with Gasteiger partial charge in [0.15, 0.2) is 0 Å². The highest BCUT2D eigenvalue weighted by Gasteiger charge is 2.50. The molecule has 1 heterocycles. The molecule has 2 aliphatic rings. The van der Waals surface area contributed by atoms with Crippen LogP contribution in [0.25, 0.3) is 0 Å². The summed E-state index contributed by atoms with van der Waals surface area (Å²) in [5.41, 5.74) is 3.39. The molecule has 1 aliphatic carbocycles. The van der Waals surface area contributed by atoms with E-state index in [4.69, 9.17) is 20.0 Å². The van der Waals surface area contributed by atoms with Gasteiger partial charge in [0.05, 0.1) is 0 Å². The summed E-state index contributed by atoms with van der Waals surface area (Å²) in [4.78, 5) is 25.8. The highest BCUT2D eigenvalue weighted by atomic mass is 16.5. The lowest BCUT2D eigenvalue weighted by Crippen LogP contribution is -2.38. The summed E-state index contributed by atoms with van der Waals surface area (Å²) in [5, 5.41) is 20.3. The number of aryl methyl sites for hydroxylation is 1. The SMILES string of the molecule is Cc1ccc(C2C3=C(C=CC2(c2ccc(OC#N)cc2)c2ccc(OC#N)cc2)C(=O)NC3=O)cc1. The summed E-state index contributed by atoms with van der Waals surface area (Å²) < 4.78 is 9.95. The molecule has 1 aliphatic heterocycles. The van der Waals surface area contributed by atoms with Crippen molar-refractivity contribution in [2.75, 3.05) is 0 Å². The predicted molar refractivity (Wildman–Crippen MR) is 129 cm³/mol. The first-order valence-electron chi connectivity index (χ1n) is 11.2. The van der Waals surface area contributed by atoms with Crippen molar-refractivity contribution in [1.29, 1.82) is 10.5 Å². The number of ether oxygens (including phenoxy) is 2. The smallest absolute Gasteiger partial charge is 0.292 e. The molecule has 1 N–H and O–H groups in total. The fourth-order valence-electron chi connectivity index (χ4n) is 5.06. The lowest BCUT2D eigenvalue weighted by Gasteiger charge is -2.42. The van der Waals surface area contributed by atoms with Gasteiger partial charge in [-0.1, -0.05) is 66.2 Å². The zero-order valence-electron chi connectivity index (χ0n) is 19.2. The third-order valence-corrected chi connectivity index (χ3v) is 6.67. The highest BCUT2D eigenvalue weighted by Crippen LogP contribution is 2.54. The van der Waals surface area contributed by atoms with Crippen LogP contribution in [0.3, 0.4) is 0 Å². The minimum absolute atomic E-state index is 0.343. The summed E-state index contributed by atoms with van der Waals surface area (Å²) in [5.74, 6) is -0.630. The first-order chi connectivity index (χ1) is 17.5. The molecule has 0 bridgehead atoms. The van der Waals surface area contributed by atoms with E-state index < -0.39 is 23.1 Å². The van der Waals surface area contributed by atoms with E-state index in [2.05, 4.69) is 5.32 Å². The van der Waals surface area contributed by atoms with Gasteiger partial charge in [-0.15, -0.1) is 10.5 Å². The van der Waals surface area contributed by atoms with Crippen LogP contribution < -0.4 is 14.8 Å². The number of rotatable bonds is 5. The molecule has 2 amide bonds. The van der Waals surface area contributed by atoms with E-state index in [0.717, 1.165) is 22.3 Å². The van der Waals surface area contributed by atoms with Gasteiger partial charge in [0, 0.05) is 22.5 Å². The molecule has 0 fully saturated rings. The molecular weight excluding hydrogens is 454 g/mol. The molecule has 3 aromatic carbocycles. The average molecular weight is 473 g/mol. The predicted octanol–water partition coefficient (Wildman–Crippen LogP) is 4.31. The molecule has 174 valence electrons. The number of amides is 2. The van der Waals surface area contributed by atoms with Crippen LogP contribution in [-0.4, -0.2) is 11.8 Å². The van der Waals surface area contributed by atoms with Crippen molar-refractivity contribution in [3.63, 3.8) is 0 Å². The Morgan fingerprint density at radius 1 is 0.778 bits per heavy atom. The monoisotopic (exact) mass is 473 g/mol. The normalized spacial score (nSPS) is 17.6. The molecule has 0 saturated carbocycles. The number of carbonyl (C=O) groups excluding carboxylic acids is 2. The first kappa shape index (κ1) is 22.6. The van der Waals surface area contributed by atoms with E-state index in [1.54, 1.807) is 42.9 Å². The summed E-state index contributed by atoms with van der Waals surface area (Å²) in [6, 6.07) is 22.0. The number of nitrogens with zero attached hydrogens (tertiary/aromatic N) is 2. The average Bonchev–Trinajstić information content (AvgIpc) is 3.18. The van der Waals surface area contributed by atoms with Crippen LogP contribution in [0.15, 0.2) is 96.1 Å². The van der Waals surface area contributed by atoms with Gasteiger partial charge in [-0.3, -0.25) is 14.9 Å². The van der Waals surface area contributed by atoms with Gasteiger partial charge < -0.3 is 9.47 Å². The second-order valence-electron chi connectivity index (χ2n) is 8.59. The Labute approximate surface area is 207 Å². The second-order valence-corrected chi connectivity index (χ2v) is 8.59. The van der Waals surface area contributed by atoms with Crippen molar-refractivity contribution in [3.05, 3.63) is 118 Å². The number of benzene rings is 3. The van der Waals surface area contributed by atoms with Gasteiger partial charge in [-0.05, 0) is 47.9 Å². The molecule has 0 radical (unpaired) electrons. The van der Waals surface area contributed by atoms with Crippen molar-refractivity contribution in [3.8, 4) is 24.0 Å². The topological polar surface area (TPSA) is 112 Å². The lowest BCUT2D eigenvalue weighted by molar-refractivity contribution is -0.124. The number of imide groups is 1. The molecule has 7 nitrogen and oxygen atoms in total. The van der Waals surface area contributed by atoms with Gasteiger partial charge in [0.2, 0.25) is 0 Å². The van der Waals surface area contributed by atoms with Crippen LogP contribution in [0.2, 0.25) is 0 Å². The van der Waals surface area contributed by atoms with E-state index in [1.807, 2.05) is 61.5 Å². The minimum Gasteiger partial charge on any atom is -0.388 e. The first-order valence-corrected chi connectivity index (χ1v) is 11.2. The molecule has 36 heavy (non-hydrogen) atoms. The van der Waals surface area contributed by atoms with E-state index in [0.29, 0.717) is 22.6 Å². The number of nitriles is 2. The molecule has 1 atom stereocenters. The van der Waals surface area contributed by atoms with Gasteiger partial charge >= 0.3 is 0 Å². The zero-order chi connectivity index (χ0) is 25.3. The minimum atomic E-state index is -0.910. The molecular formula is C29H19N3O4. The Hall–Kier alpha value is -5.14. The third-order valence-electron chi connectivity index (χ3n) is 6.67. The number of hydrogen-bond acceptors (Lipinski definition) is 6. The Morgan fingerprint density at radius 3 is 1.81 bits per heavy atom. The van der Waals surface area contributed by atoms with E-state index in [-0.39, 0.29) is 0 Å². The molecule has 7 heteroatoms. The van der Waals surface area contributed by atoms with E-state index in [9.17, 15) is 9.59 Å². The molecule has 1 unspecified atom stereocenters. The quantitative estimate of drug-likeness (QED) is 0.437. The van der Waals surface area contributed by atoms with Crippen LogP contribution in [0.5, 0.6) is 11.5 Å². The van der Waals surface area contributed by atoms with Crippen molar-refractivity contribution in [1.82, 2.24) is 5.32 Å². The molecule has 0 spiro atoms. The van der Waals surface area contributed by atoms with Gasteiger partial charge in [-0.2, -0.15) is 0 Å². The number of hydrogen-bond donors (Lipinski definition) is 1. The Bertz CT molecular complexity index is 1440. The fourth-order valence-corrected chi connectivity index (χ4v) is 5.06. The Morgan fingerprint density at radius 2 is 1.31 bits per heavy atom. The largest absolute Gasteiger partial charge is 0.388 e. The summed E-state index contributed by atoms with van der Waals surface area (Å²) >= 11 is 0. The lowest BCUT2D eigenvalue weighted by atomic mass is 9.58. The number of nitrogens with one attached hydrogen (secondary N) is 1. The Kier molecular flexibility index (Phi) is 5.60. The molecule has 0 saturated heterocycles. The van der Waals surface area contributed by atoms with Crippen molar-refractivity contribution in [2.24, 2.45) is 0 Å². The highest BCUT2D eigenvalue weighted by molar-refractivity contribution is 6.22. The third kappa shape index (κ3) is 3.60.